The molecule has 0 aliphatic carbocycles. The maximum absolute atomic E-state index is 12.6. The first kappa shape index (κ1) is 16.7. The molecule has 1 amide bonds. The third-order valence-electron chi connectivity index (χ3n) is 4.00. The monoisotopic (exact) mass is 372 g/mol. The molecule has 134 valence electrons. The Kier molecular flexibility index (Phi) is 4.39. The average Bonchev–Trinajstić information content (AvgIpc) is 3.24. The molecule has 1 aliphatic heterocycles. The molecule has 4 rings (SSSR count). The normalized spacial score (nSPS) is 13.3. The minimum Gasteiger partial charge on any atom is -0.481 e. The molecular weight excluding hydrogens is 356 g/mol. The Bertz CT molecular complexity index is 948. The lowest BCUT2D eigenvalue weighted by Gasteiger charge is -2.12. The summed E-state index contributed by atoms with van der Waals surface area (Å²) >= 11 is 1.47. The molecule has 0 aromatic carbocycles. The number of fused-ring (bicyclic) bond motifs is 1. The Labute approximate surface area is 153 Å². The zero-order valence-corrected chi connectivity index (χ0v) is 15.1. The summed E-state index contributed by atoms with van der Waals surface area (Å²) in [4.78, 5) is 22.1. The van der Waals surface area contributed by atoms with E-state index in [4.69, 9.17) is 14.0 Å². The summed E-state index contributed by atoms with van der Waals surface area (Å²) in [5, 5.41) is 7.49. The van der Waals surface area contributed by atoms with Crippen molar-refractivity contribution in [2.75, 3.05) is 19.0 Å². The topological polar surface area (TPSA) is 99.4 Å². The minimum atomic E-state index is -0.267. The van der Waals surface area contributed by atoms with Crippen molar-refractivity contribution in [1.82, 2.24) is 15.1 Å². The fraction of sp³-hybridized carbons (Fsp3) is 0.294. The number of hydrogen-bond donors (Lipinski definition) is 1. The number of carbonyl (C=O) groups is 1. The van der Waals surface area contributed by atoms with Gasteiger partial charge < -0.3 is 19.3 Å². The van der Waals surface area contributed by atoms with Crippen LogP contribution in [0.25, 0.3) is 11.5 Å². The van der Waals surface area contributed by atoms with E-state index >= 15 is 0 Å². The molecule has 0 bridgehead atoms. The molecule has 0 unspecified atom stereocenters. The number of hydrogen-bond acceptors (Lipinski definition) is 8. The van der Waals surface area contributed by atoms with E-state index in [0.29, 0.717) is 41.4 Å². The van der Waals surface area contributed by atoms with E-state index < -0.39 is 0 Å². The first-order valence-corrected chi connectivity index (χ1v) is 8.81. The zero-order chi connectivity index (χ0) is 18.1. The van der Waals surface area contributed by atoms with E-state index in [2.05, 4.69) is 20.4 Å². The van der Waals surface area contributed by atoms with E-state index in [1.807, 2.05) is 0 Å². The van der Waals surface area contributed by atoms with Crippen LogP contribution in [-0.2, 0) is 17.8 Å². The van der Waals surface area contributed by atoms with Crippen molar-refractivity contribution in [2.45, 2.75) is 20.0 Å². The highest BCUT2D eigenvalue weighted by Gasteiger charge is 2.27. The average molecular weight is 372 g/mol. The number of aryl methyl sites for hydroxylation is 1. The van der Waals surface area contributed by atoms with Gasteiger partial charge in [-0.3, -0.25) is 4.79 Å². The SMILES string of the molecule is COc1ccc(C(=O)Nc2sc3c(c2-c2nc(C)no2)CCOC3)cn1. The largest absolute Gasteiger partial charge is 0.481 e. The molecule has 0 saturated carbocycles. The van der Waals surface area contributed by atoms with Crippen molar-refractivity contribution in [3.63, 3.8) is 0 Å². The number of amides is 1. The molecule has 0 spiro atoms. The first-order valence-electron chi connectivity index (χ1n) is 8.00. The molecule has 0 atom stereocenters. The summed E-state index contributed by atoms with van der Waals surface area (Å²) in [6, 6.07) is 3.30. The van der Waals surface area contributed by atoms with Crippen molar-refractivity contribution in [2.24, 2.45) is 0 Å². The molecule has 26 heavy (non-hydrogen) atoms. The number of ether oxygens (including phenoxy) is 2. The molecule has 9 heteroatoms. The third-order valence-corrected chi connectivity index (χ3v) is 5.12. The number of nitrogens with zero attached hydrogens (tertiary/aromatic N) is 3. The summed E-state index contributed by atoms with van der Waals surface area (Å²) in [7, 11) is 1.53. The van der Waals surface area contributed by atoms with Gasteiger partial charge in [0.15, 0.2) is 5.82 Å². The lowest BCUT2D eigenvalue weighted by atomic mass is 10.1. The summed E-state index contributed by atoms with van der Waals surface area (Å²) < 4.78 is 15.9. The predicted molar refractivity (Wildman–Crippen MR) is 94.5 cm³/mol. The molecule has 0 radical (unpaired) electrons. The van der Waals surface area contributed by atoms with Crippen LogP contribution in [0.2, 0.25) is 0 Å². The molecule has 3 aromatic heterocycles. The van der Waals surface area contributed by atoms with Gasteiger partial charge in [-0.05, 0) is 25.0 Å². The molecular formula is C17H16N4O4S. The lowest BCUT2D eigenvalue weighted by molar-refractivity contribution is 0.102. The van der Waals surface area contributed by atoms with Crippen LogP contribution >= 0.6 is 11.3 Å². The van der Waals surface area contributed by atoms with Gasteiger partial charge in [-0.2, -0.15) is 4.98 Å². The number of pyridine rings is 1. The maximum atomic E-state index is 12.6. The molecule has 1 N–H and O–H groups in total. The van der Waals surface area contributed by atoms with Crippen LogP contribution in [0.15, 0.2) is 22.9 Å². The van der Waals surface area contributed by atoms with Gasteiger partial charge in [0.25, 0.3) is 11.8 Å². The number of nitrogens with one attached hydrogen (secondary N) is 1. The number of aromatic nitrogens is 3. The summed E-state index contributed by atoms with van der Waals surface area (Å²) in [6.45, 7) is 2.90. The van der Waals surface area contributed by atoms with Crippen molar-refractivity contribution in [1.29, 1.82) is 0 Å². The lowest BCUT2D eigenvalue weighted by Crippen LogP contribution is -2.12. The van der Waals surface area contributed by atoms with Gasteiger partial charge in [0, 0.05) is 17.1 Å². The van der Waals surface area contributed by atoms with Crippen LogP contribution < -0.4 is 10.1 Å². The smallest absolute Gasteiger partial charge is 0.261 e. The Hall–Kier alpha value is -2.78. The van der Waals surface area contributed by atoms with Crippen molar-refractivity contribution < 1.29 is 18.8 Å². The molecule has 8 nitrogen and oxygen atoms in total. The highest BCUT2D eigenvalue weighted by molar-refractivity contribution is 7.17. The molecule has 0 fully saturated rings. The standard InChI is InChI=1S/C17H16N4O4S/c1-9-19-16(25-21-9)14-11-5-6-24-8-12(11)26-17(14)20-15(22)10-3-4-13(23-2)18-7-10/h3-4,7H,5-6,8H2,1-2H3,(H,20,22). The summed E-state index contributed by atoms with van der Waals surface area (Å²) in [6.07, 6.45) is 2.21. The number of carbonyl (C=O) groups excluding carboxylic acids is 1. The van der Waals surface area contributed by atoms with Gasteiger partial charge in [-0.1, -0.05) is 5.16 Å². The first-order chi connectivity index (χ1) is 12.7. The van der Waals surface area contributed by atoms with Crippen molar-refractivity contribution >= 4 is 22.2 Å². The van der Waals surface area contributed by atoms with Crippen LogP contribution in [0.3, 0.4) is 0 Å². The highest BCUT2D eigenvalue weighted by Crippen LogP contribution is 2.42. The van der Waals surface area contributed by atoms with Gasteiger partial charge >= 0.3 is 0 Å². The fourth-order valence-corrected chi connectivity index (χ4v) is 3.93. The quantitative estimate of drug-likeness (QED) is 0.752. The fourth-order valence-electron chi connectivity index (χ4n) is 2.76. The zero-order valence-electron chi connectivity index (χ0n) is 14.2. The Balaban J connectivity index is 1.69. The van der Waals surface area contributed by atoms with Crippen LogP contribution in [0, 0.1) is 6.92 Å². The Morgan fingerprint density at radius 2 is 2.27 bits per heavy atom. The van der Waals surface area contributed by atoms with Crippen LogP contribution in [0.1, 0.15) is 26.6 Å². The third kappa shape index (κ3) is 3.06. The molecule has 0 saturated heterocycles. The summed E-state index contributed by atoms with van der Waals surface area (Å²) in [5.74, 6) is 1.14. The van der Waals surface area contributed by atoms with Gasteiger partial charge in [-0.15, -0.1) is 11.3 Å². The number of thiophene rings is 1. The van der Waals surface area contributed by atoms with E-state index in [1.54, 1.807) is 19.1 Å². The molecule has 3 aromatic rings. The Morgan fingerprint density at radius 1 is 1.38 bits per heavy atom. The van der Waals surface area contributed by atoms with Gasteiger partial charge in [-0.25, -0.2) is 4.98 Å². The van der Waals surface area contributed by atoms with E-state index in [0.717, 1.165) is 22.4 Å². The predicted octanol–water partition coefficient (Wildman–Crippen LogP) is 2.84. The number of methoxy groups -OCH3 is 1. The molecule has 4 heterocycles. The van der Waals surface area contributed by atoms with Gasteiger partial charge in [0.2, 0.25) is 5.88 Å². The van der Waals surface area contributed by atoms with E-state index in [-0.39, 0.29) is 5.91 Å². The van der Waals surface area contributed by atoms with E-state index in [1.165, 1.54) is 24.6 Å². The Morgan fingerprint density at radius 3 is 2.96 bits per heavy atom. The number of rotatable bonds is 4. The molecule has 1 aliphatic rings. The minimum absolute atomic E-state index is 0.267. The second kappa shape index (κ2) is 6.85. The van der Waals surface area contributed by atoms with E-state index in [9.17, 15) is 4.79 Å². The van der Waals surface area contributed by atoms with Crippen LogP contribution in [0.5, 0.6) is 5.88 Å². The second-order valence-electron chi connectivity index (χ2n) is 5.70. The van der Waals surface area contributed by atoms with Gasteiger partial charge in [0.05, 0.1) is 31.5 Å². The van der Waals surface area contributed by atoms with Crippen LogP contribution in [-0.4, -0.2) is 34.7 Å². The summed E-state index contributed by atoms with van der Waals surface area (Å²) in [5.41, 5.74) is 2.30. The second-order valence-corrected chi connectivity index (χ2v) is 6.81. The van der Waals surface area contributed by atoms with Gasteiger partial charge in [0.1, 0.15) is 5.00 Å². The maximum Gasteiger partial charge on any atom is 0.261 e. The van der Waals surface area contributed by atoms with Crippen molar-refractivity contribution in [3.05, 3.63) is 40.2 Å². The highest BCUT2D eigenvalue weighted by atomic mass is 32.1. The number of anilines is 1. The van der Waals surface area contributed by atoms with Crippen molar-refractivity contribution in [3.8, 4) is 17.3 Å². The van der Waals surface area contributed by atoms with Crippen LogP contribution in [0.4, 0.5) is 5.00 Å².